The van der Waals surface area contributed by atoms with Crippen molar-refractivity contribution in [2.45, 2.75) is 0 Å². The summed E-state index contributed by atoms with van der Waals surface area (Å²) in [5.74, 6) is 0. The maximum absolute atomic E-state index is 12.4. The van der Waals surface area contributed by atoms with Crippen LogP contribution in [0.2, 0.25) is 0 Å². The third kappa shape index (κ3) is 4.56. The molecule has 198 valence electrons. The van der Waals surface area contributed by atoms with E-state index in [0.29, 0.717) is 56.0 Å². The molecule has 7 rings (SSSR count). The number of carbonyl (C=O) groups is 2. The van der Waals surface area contributed by atoms with Crippen molar-refractivity contribution in [2.24, 2.45) is 0 Å². The van der Waals surface area contributed by atoms with Crippen molar-refractivity contribution < 1.29 is 26.1 Å². The van der Waals surface area contributed by atoms with Gasteiger partial charge in [-0.15, -0.1) is 22.1 Å². The average Bonchev–Trinajstić information content (AvgIpc) is 3.81. The van der Waals surface area contributed by atoms with Gasteiger partial charge in [-0.3, -0.25) is 9.59 Å². The number of nitrogens with zero attached hydrogens (tertiary/aromatic N) is 4. The maximum atomic E-state index is 12.4. The fraction of sp³-hybridized carbons (Fsp3) is 0. The van der Waals surface area contributed by atoms with Crippen LogP contribution in [0.25, 0.3) is 68.6 Å². The zero-order valence-corrected chi connectivity index (χ0v) is 22.5. The third-order valence-electron chi connectivity index (χ3n) is 7.05. The van der Waals surface area contributed by atoms with Crippen LogP contribution < -0.4 is 9.97 Å². The van der Waals surface area contributed by atoms with Crippen molar-refractivity contribution in [3.05, 3.63) is 119 Å². The number of rotatable bonds is 4. The second-order valence-corrected chi connectivity index (χ2v) is 9.41. The number of fused-ring (bicyclic) bond motifs is 8. The molecule has 0 N–H and O–H groups in total. The van der Waals surface area contributed by atoms with Crippen LogP contribution in [-0.2, 0) is 16.5 Å². The first-order chi connectivity index (χ1) is 19.7. The first-order valence-electron chi connectivity index (χ1n) is 12.8. The van der Waals surface area contributed by atoms with Gasteiger partial charge in [-0.05, 0) is 46.6 Å². The van der Waals surface area contributed by atoms with Crippen LogP contribution in [0.3, 0.4) is 0 Å². The normalized spacial score (nSPS) is 11.7. The quantitative estimate of drug-likeness (QED) is 0.168. The van der Waals surface area contributed by atoms with E-state index in [1.54, 1.807) is 0 Å². The largest absolute Gasteiger partial charge is 2.00 e. The molecule has 5 aromatic rings. The number of aldehydes is 2. The molecule has 0 radical (unpaired) electrons. The summed E-state index contributed by atoms with van der Waals surface area (Å²) in [6.45, 7) is 0. The number of hydrogen-bond donors (Lipinski definition) is 0. The second-order valence-electron chi connectivity index (χ2n) is 9.41. The van der Waals surface area contributed by atoms with E-state index in [1.165, 1.54) is 0 Å². The van der Waals surface area contributed by atoms with Crippen LogP contribution in [0, 0.1) is 0 Å². The fourth-order valence-electron chi connectivity index (χ4n) is 5.17. The van der Waals surface area contributed by atoms with Crippen molar-refractivity contribution in [2.75, 3.05) is 0 Å². The van der Waals surface area contributed by atoms with Crippen LogP contribution in [0.15, 0.2) is 84.9 Å². The number of carbonyl (C=O) groups excluding carboxylic acids is 2. The smallest absolute Gasteiger partial charge is 0.657 e. The Bertz CT molecular complexity index is 1890. The summed E-state index contributed by atoms with van der Waals surface area (Å²) in [5.41, 5.74) is 9.00. The molecule has 0 atom stereocenters. The molecule has 2 aromatic carbocycles. The van der Waals surface area contributed by atoms with Crippen LogP contribution >= 0.6 is 0 Å². The predicted molar refractivity (Wildman–Crippen MR) is 158 cm³/mol. The van der Waals surface area contributed by atoms with Crippen molar-refractivity contribution in [1.29, 1.82) is 0 Å². The molecule has 6 nitrogen and oxygen atoms in total. The van der Waals surface area contributed by atoms with Crippen LogP contribution in [0.1, 0.15) is 43.5 Å². The SMILES string of the molecule is O=Cc1c2nc(c(-c3ccccc3)c3ccc([n-]3)c(C=O)c3nc(c(-c4ccccc4)c4ccc1[n-]4)C=C3)C=C2.[Ni+2]. The van der Waals surface area contributed by atoms with E-state index in [2.05, 4.69) is 0 Å². The summed E-state index contributed by atoms with van der Waals surface area (Å²) in [5, 5.41) is 0. The number of aromatic nitrogens is 4. The summed E-state index contributed by atoms with van der Waals surface area (Å²) in [7, 11) is 0. The second kappa shape index (κ2) is 10.8. The van der Waals surface area contributed by atoms with Gasteiger partial charge in [0.2, 0.25) is 0 Å². The summed E-state index contributed by atoms with van der Waals surface area (Å²) >= 11 is 0. The monoisotopic (exact) mass is 574 g/mol. The van der Waals surface area contributed by atoms with Gasteiger partial charge in [0.25, 0.3) is 0 Å². The molecule has 2 aliphatic rings. The Morgan fingerprint density at radius 2 is 0.829 bits per heavy atom. The molecule has 5 heterocycles. The molecule has 0 aliphatic carbocycles. The van der Waals surface area contributed by atoms with Gasteiger partial charge >= 0.3 is 16.5 Å². The van der Waals surface area contributed by atoms with E-state index in [1.807, 2.05) is 109 Å². The molecule has 0 unspecified atom stereocenters. The Morgan fingerprint density at radius 1 is 0.463 bits per heavy atom. The first kappa shape index (κ1) is 26.1. The topological polar surface area (TPSA) is 88.1 Å². The zero-order valence-electron chi connectivity index (χ0n) is 21.5. The molecule has 41 heavy (non-hydrogen) atoms. The summed E-state index contributed by atoms with van der Waals surface area (Å²) < 4.78 is 0. The third-order valence-corrected chi connectivity index (χ3v) is 7.05. The van der Waals surface area contributed by atoms with Crippen molar-refractivity contribution in [3.63, 3.8) is 0 Å². The minimum absolute atomic E-state index is 0. The van der Waals surface area contributed by atoms with Crippen LogP contribution in [0.4, 0.5) is 0 Å². The van der Waals surface area contributed by atoms with Gasteiger partial charge in [0.1, 0.15) is 0 Å². The van der Waals surface area contributed by atoms with Crippen molar-refractivity contribution in [1.82, 2.24) is 19.9 Å². The van der Waals surface area contributed by atoms with Gasteiger partial charge in [0, 0.05) is 11.1 Å². The minimum Gasteiger partial charge on any atom is -0.657 e. The molecule has 0 saturated carbocycles. The first-order valence-corrected chi connectivity index (χ1v) is 12.8. The number of benzene rings is 2. The zero-order chi connectivity index (χ0) is 27.1. The Kier molecular flexibility index (Phi) is 6.88. The Morgan fingerprint density at radius 3 is 1.22 bits per heavy atom. The maximum Gasteiger partial charge on any atom is 2.00 e. The summed E-state index contributed by atoms with van der Waals surface area (Å²) in [6.07, 6.45) is 9.02. The Balaban J connectivity index is 0.00000302. The van der Waals surface area contributed by atoms with E-state index in [4.69, 9.17) is 19.9 Å². The molecular formula is C34H20N4NiO2. The molecule has 0 fully saturated rings. The summed E-state index contributed by atoms with van der Waals surface area (Å²) in [6, 6.07) is 27.1. The average molecular weight is 575 g/mol. The molecule has 7 heteroatoms. The predicted octanol–water partition coefficient (Wildman–Crippen LogP) is 6.87. The molecule has 3 aromatic heterocycles. The van der Waals surface area contributed by atoms with E-state index < -0.39 is 0 Å². The fourth-order valence-corrected chi connectivity index (χ4v) is 5.17. The summed E-state index contributed by atoms with van der Waals surface area (Å²) in [4.78, 5) is 44.2. The Hall–Kier alpha value is -5.13. The van der Waals surface area contributed by atoms with Gasteiger partial charge in [-0.2, -0.15) is 0 Å². The number of hydrogen-bond acceptors (Lipinski definition) is 4. The molecule has 0 amide bonds. The molecular weight excluding hydrogens is 555 g/mol. The van der Waals surface area contributed by atoms with Gasteiger partial charge < -0.3 is 9.97 Å². The van der Waals surface area contributed by atoms with Crippen molar-refractivity contribution in [3.8, 4) is 22.3 Å². The molecule has 0 spiro atoms. The van der Waals surface area contributed by atoms with Crippen molar-refractivity contribution >= 4 is 58.9 Å². The minimum atomic E-state index is 0. The van der Waals surface area contributed by atoms with Gasteiger partial charge in [0.15, 0.2) is 12.6 Å². The molecule has 2 aliphatic heterocycles. The standard InChI is InChI=1S/C34H21N4O2.Ni/c39-19-23-25-11-15-29(35-25)33(21-7-3-1-4-8-21)30-16-12-26(36-30)24(20-40)28-14-18-32(38-28)34(22-9-5-2-6-10-22)31-17-13-27(23)37-31;/h1-20H,(H-,35,36,37,38,39,40);/q-1;+2/p-1. The van der Waals surface area contributed by atoms with Gasteiger partial charge in [0.05, 0.1) is 22.8 Å². The van der Waals surface area contributed by atoms with E-state index >= 15 is 0 Å². The Labute approximate surface area is 245 Å². The van der Waals surface area contributed by atoms with Crippen LogP contribution in [0.5, 0.6) is 0 Å². The molecule has 0 saturated heterocycles. The van der Waals surface area contributed by atoms with E-state index in [9.17, 15) is 9.59 Å². The van der Waals surface area contributed by atoms with E-state index in [-0.39, 0.29) is 16.5 Å². The van der Waals surface area contributed by atoms with Crippen LogP contribution in [-0.4, -0.2) is 22.5 Å². The van der Waals surface area contributed by atoms with Gasteiger partial charge in [-0.25, -0.2) is 9.97 Å². The van der Waals surface area contributed by atoms with E-state index in [0.717, 1.165) is 34.8 Å². The van der Waals surface area contributed by atoms with Gasteiger partial charge in [-0.1, -0.05) is 84.9 Å². The molecule has 8 bridgehead atoms.